The third-order valence-electron chi connectivity index (χ3n) is 5.97. The standard InChI is InChI=1S/C21H33N3O.ClH/c1-17-7-6-10-20(18(17)2)24-13-11-23(12-14-24)16-21(25)22-15-19-8-4-3-5-9-19;/h6-7,10,19H,3-5,8-9,11-16H2,1-2H3,(H,22,25);1H. The van der Waals surface area contributed by atoms with Crippen LogP contribution in [0, 0.1) is 19.8 Å². The van der Waals surface area contributed by atoms with Crippen molar-refractivity contribution in [2.45, 2.75) is 46.0 Å². The van der Waals surface area contributed by atoms with Crippen LogP contribution in [0.4, 0.5) is 5.69 Å². The average Bonchev–Trinajstić information content (AvgIpc) is 2.64. The van der Waals surface area contributed by atoms with Gasteiger partial charge >= 0.3 is 0 Å². The predicted octanol–water partition coefficient (Wildman–Crippen LogP) is 3.54. The zero-order valence-corrected chi connectivity index (χ0v) is 17.1. The van der Waals surface area contributed by atoms with E-state index in [1.807, 2.05) is 0 Å². The number of anilines is 1. The van der Waals surface area contributed by atoms with Crippen molar-refractivity contribution in [3.63, 3.8) is 0 Å². The van der Waals surface area contributed by atoms with Gasteiger partial charge in [0.05, 0.1) is 6.54 Å². The normalized spacial score (nSPS) is 19.1. The fraction of sp³-hybridized carbons (Fsp3) is 0.667. The molecule has 0 bridgehead atoms. The van der Waals surface area contributed by atoms with Crippen molar-refractivity contribution in [3.05, 3.63) is 29.3 Å². The number of carbonyl (C=O) groups is 1. The van der Waals surface area contributed by atoms with E-state index in [-0.39, 0.29) is 18.3 Å². The molecule has 0 aromatic heterocycles. The van der Waals surface area contributed by atoms with Crippen LogP contribution in [0.2, 0.25) is 0 Å². The van der Waals surface area contributed by atoms with Gasteiger partial charge in [-0.1, -0.05) is 31.4 Å². The van der Waals surface area contributed by atoms with E-state index in [2.05, 4.69) is 47.2 Å². The summed E-state index contributed by atoms with van der Waals surface area (Å²) in [5.41, 5.74) is 4.07. The second-order valence-electron chi connectivity index (χ2n) is 7.79. The van der Waals surface area contributed by atoms with E-state index in [4.69, 9.17) is 0 Å². The number of aryl methyl sites for hydroxylation is 1. The summed E-state index contributed by atoms with van der Waals surface area (Å²) in [4.78, 5) is 17.0. The maximum Gasteiger partial charge on any atom is 0.234 e. The van der Waals surface area contributed by atoms with Crippen LogP contribution >= 0.6 is 12.4 Å². The molecule has 0 atom stereocenters. The molecule has 1 heterocycles. The van der Waals surface area contributed by atoms with E-state index in [1.54, 1.807) is 0 Å². The van der Waals surface area contributed by atoms with Crippen LogP contribution in [0.25, 0.3) is 0 Å². The van der Waals surface area contributed by atoms with Crippen LogP contribution in [0.5, 0.6) is 0 Å². The summed E-state index contributed by atoms with van der Waals surface area (Å²) >= 11 is 0. The smallest absolute Gasteiger partial charge is 0.234 e. The summed E-state index contributed by atoms with van der Waals surface area (Å²) < 4.78 is 0. The first-order valence-corrected chi connectivity index (χ1v) is 9.93. The second kappa shape index (κ2) is 10.2. The van der Waals surface area contributed by atoms with E-state index < -0.39 is 0 Å². The van der Waals surface area contributed by atoms with Gasteiger partial charge in [-0.2, -0.15) is 0 Å². The lowest BCUT2D eigenvalue weighted by molar-refractivity contribution is -0.122. The van der Waals surface area contributed by atoms with Crippen molar-refractivity contribution in [3.8, 4) is 0 Å². The molecular formula is C21H34ClN3O. The summed E-state index contributed by atoms with van der Waals surface area (Å²) in [6, 6.07) is 6.53. The van der Waals surface area contributed by atoms with Gasteiger partial charge in [-0.3, -0.25) is 9.69 Å². The third-order valence-corrected chi connectivity index (χ3v) is 5.97. The van der Waals surface area contributed by atoms with E-state index in [0.29, 0.717) is 12.5 Å². The molecule has 3 rings (SSSR count). The molecule has 1 N–H and O–H groups in total. The van der Waals surface area contributed by atoms with Gasteiger partial charge in [0.15, 0.2) is 0 Å². The van der Waals surface area contributed by atoms with Crippen molar-refractivity contribution in [1.29, 1.82) is 0 Å². The molecular weight excluding hydrogens is 346 g/mol. The average molecular weight is 380 g/mol. The fourth-order valence-electron chi connectivity index (χ4n) is 4.13. The monoisotopic (exact) mass is 379 g/mol. The molecule has 146 valence electrons. The summed E-state index contributed by atoms with van der Waals surface area (Å²) in [6.45, 7) is 9.73. The Hall–Kier alpha value is -1.26. The SMILES string of the molecule is Cc1cccc(N2CCN(CC(=O)NCC3CCCCC3)CC2)c1C.Cl. The minimum absolute atomic E-state index is 0. The fourth-order valence-corrected chi connectivity index (χ4v) is 4.13. The van der Waals surface area contributed by atoms with Gasteiger partial charge in [-0.15, -0.1) is 12.4 Å². The first-order valence-electron chi connectivity index (χ1n) is 9.93. The van der Waals surface area contributed by atoms with Crippen LogP contribution in [-0.2, 0) is 4.79 Å². The highest BCUT2D eigenvalue weighted by Gasteiger charge is 2.21. The van der Waals surface area contributed by atoms with Crippen molar-refractivity contribution in [2.24, 2.45) is 5.92 Å². The Morgan fingerprint density at radius 2 is 1.77 bits per heavy atom. The van der Waals surface area contributed by atoms with Crippen molar-refractivity contribution in [2.75, 3.05) is 44.2 Å². The van der Waals surface area contributed by atoms with Crippen LogP contribution in [0.15, 0.2) is 18.2 Å². The number of amides is 1. The van der Waals surface area contributed by atoms with E-state index >= 15 is 0 Å². The van der Waals surface area contributed by atoms with Crippen molar-refractivity contribution < 1.29 is 4.79 Å². The number of benzene rings is 1. The second-order valence-corrected chi connectivity index (χ2v) is 7.79. The largest absolute Gasteiger partial charge is 0.369 e. The third kappa shape index (κ3) is 5.62. The van der Waals surface area contributed by atoms with E-state index in [9.17, 15) is 4.79 Å². The zero-order chi connectivity index (χ0) is 17.6. The number of piperazine rings is 1. The van der Waals surface area contributed by atoms with Gasteiger partial charge in [0.2, 0.25) is 5.91 Å². The zero-order valence-electron chi connectivity index (χ0n) is 16.3. The molecule has 1 saturated heterocycles. The Labute approximate surface area is 164 Å². The molecule has 1 aliphatic heterocycles. The van der Waals surface area contributed by atoms with E-state index in [1.165, 1.54) is 48.9 Å². The highest BCUT2D eigenvalue weighted by atomic mass is 35.5. The Balaban J connectivity index is 0.00000243. The summed E-state index contributed by atoms with van der Waals surface area (Å²) in [7, 11) is 0. The molecule has 1 aliphatic carbocycles. The van der Waals surface area contributed by atoms with Gasteiger partial charge in [0.25, 0.3) is 0 Å². The predicted molar refractivity (Wildman–Crippen MR) is 111 cm³/mol. The summed E-state index contributed by atoms with van der Waals surface area (Å²) in [6.07, 6.45) is 6.61. The van der Waals surface area contributed by atoms with Gasteiger partial charge in [0, 0.05) is 38.4 Å². The molecule has 5 heteroatoms. The number of halogens is 1. The lowest BCUT2D eigenvalue weighted by Crippen LogP contribution is -2.50. The maximum absolute atomic E-state index is 12.2. The first-order chi connectivity index (χ1) is 12.1. The molecule has 0 spiro atoms. The number of carbonyl (C=O) groups excluding carboxylic acids is 1. The molecule has 1 saturated carbocycles. The molecule has 4 nitrogen and oxygen atoms in total. The molecule has 26 heavy (non-hydrogen) atoms. The molecule has 2 fully saturated rings. The van der Waals surface area contributed by atoms with Crippen LogP contribution < -0.4 is 10.2 Å². The van der Waals surface area contributed by atoms with E-state index in [0.717, 1.165) is 32.7 Å². The Bertz CT molecular complexity index is 579. The van der Waals surface area contributed by atoms with Crippen LogP contribution in [-0.4, -0.2) is 50.1 Å². The summed E-state index contributed by atoms with van der Waals surface area (Å²) in [5.74, 6) is 0.907. The van der Waals surface area contributed by atoms with Gasteiger partial charge in [0.1, 0.15) is 0 Å². The molecule has 1 aromatic rings. The lowest BCUT2D eigenvalue weighted by atomic mass is 9.89. The number of nitrogens with zero attached hydrogens (tertiary/aromatic N) is 2. The summed E-state index contributed by atoms with van der Waals surface area (Å²) in [5, 5.41) is 3.16. The minimum Gasteiger partial charge on any atom is -0.369 e. The topological polar surface area (TPSA) is 35.6 Å². The van der Waals surface area contributed by atoms with Crippen LogP contribution in [0.3, 0.4) is 0 Å². The Morgan fingerprint density at radius 3 is 2.46 bits per heavy atom. The van der Waals surface area contributed by atoms with Gasteiger partial charge in [-0.25, -0.2) is 0 Å². The molecule has 2 aliphatic rings. The molecule has 1 aromatic carbocycles. The number of hydrogen-bond acceptors (Lipinski definition) is 3. The number of nitrogens with one attached hydrogen (secondary N) is 1. The maximum atomic E-state index is 12.2. The van der Waals surface area contributed by atoms with Crippen molar-refractivity contribution in [1.82, 2.24) is 10.2 Å². The lowest BCUT2D eigenvalue weighted by Gasteiger charge is -2.36. The first kappa shape index (κ1) is 21.0. The minimum atomic E-state index is 0. The van der Waals surface area contributed by atoms with Gasteiger partial charge < -0.3 is 10.2 Å². The highest BCUT2D eigenvalue weighted by Crippen LogP contribution is 2.24. The van der Waals surface area contributed by atoms with Crippen molar-refractivity contribution >= 4 is 24.0 Å². The molecule has 0 radical (unpaired) electrons. The number of rotatable bonds is 5. The van der Waals surface area contributed by atoms with Gasteiger partial charge in [-0.05, 0) is 49.8 Å². The number of hydrogen-bond donors (Lipinski definition) is 1. The highest BCUT2D eigenvalue weighted by molar-refractivity contribution is 5.85. The Morgan fingerprint density at radius 1 is 1.08 bits per heavy atom. The molecule has 0 unspecified atom stereocenters. The molecule has 1 amide bonds. The van der Waals surface area contributed by atoms with Crippen LogP contribution in [0.1, 0.15) is 43.2 Å². The quantitative estimate of drug-likeness (QED) is 0.849. The Kier molecular flexibility index (Phi) is 8.23.